The Bertz CT molecular complexity index is 411. The molecule has 16 heavy (non-hydrogen) atoms. The average molecular weight is 237 g/mol. The van der Waals surface area contributed by atoms with E-state index in [-0.39, 0.29) is 0 Å². The molecule has 0 radical (unpaired) electrons. The predicted molar refractivity (Wildman–Crippen MR) is 65.1 cm³/mol. The predicted octanol–water partition coefficient (Wildman–Crippen LogP) is 2.16. The number of hydrogen-bond acceptors (Lipinski definition) is 4. The Hall–Kier alpha value is -1.20. The number of hydrogen-bond donors (Lipinski definition) is 2. The summed E-state index contributed by atoms with van der Waals surface area (Å²) >= 11 is 1.76. The van der Waals surface area contributed by atoms with Gasteiger partial charge in [-0.3, -0.25) is 0 Å². The summed E-state index contributed by atoms with van der Waals surface area (Å²) in [6, 6.07) is 4.05. The molecule has 0 saturated carbocycles. The Morgan fingerprint density at radius 2 is 2.25 bits per heavy atom. The number of H-pyrrole nitrogens is 1. The van der Waals surface area contributed by atoms with Crippen LogP contribution in [0.5, 0.6) is 0 Å². The van der Waals surface area contributed by atoms with Gasteiger partial charge >= 0.3 is 0 Å². The van der Waals surface area contributed by atoms with Gasteiger partial charge in [0.15, 0.2) is 0 Å². The maximum Gasteiger partial charge on any atom is 0.118 e. The van der Waals surface area contributed by atoms with Crippen LogP contribution in [0.3, 0.4) is 0 Å². The van der Waals surface area contributed by atoms with Gasteiger partial charge in [0.2, 0.25) is 0 Å². The number of nitrogens with zero attached hydrogens (tertiary/aromatic N) is 1. The monoisotopic (exact) mass is 237 g/mol. The maximum atomic E-state index is 5.63. The summed E-state index contributed by atoms with van der Waals surface area (Å²) in [4.78, 5) is 7.00. The second-order valence-corrected chi connectivity index (χ2v) is 4.35. The van der Waals surface area contributed by atoms with E-state index in [1.165, 1.54) is 0 Å². The first-order valence-corrected chi connectivity index (χ1v) is 6.52. The number of aromatic nitrogens is 2. The van der Waals surface area contributed by atoms with Crippen molar-refractivity contribution in [3.63, 3.8) is 0 Å². The largest absolute Gasteiger partial charge is 0.464 e. The van der Waals surface area contributed by atoms with Crippen LogP contribution < -0.4 is 5.32 Å². The zero-order chi connectivity index (χ0) is 11.2. The molecule has 2 N–H and O–H groups in total. The lowest BCUT2D eigenvalue weighted by Crippen LogP contribution is -2.12. The smallest absolute Gasteiger partial charge is 0.118 e. The van der Waals surface area contributed by atoms with Gasteiger partial charge in [-0.1, -0.05) is 0 Å². The van der Waals surface area contributed by atoms with Crippen molar-refractivity contribution in [1.82, 2.24) is 15.3 Å². The van der Waals surface area contributed by atoms with E-state index in [1.807, 2.05) is 18.3 Å². The van der Waals surface area contributed by atoms with Crippen LogP contribution in [0.1, 0.15) is 17.2 Å². The van der Waals surface area contributed by atoms with E-state index >= 15 is 0 Å². The van der Waals surface area contributed by atoms with Crippen molar-refractivity contribution in [1.29, 1.82) is 0 Å². The molecule has 0 aliphatic rings. The summed E-state index contributed by atoms with van der Waals surface area (Å²) in [6.45, 7) is 1.52. The minimum Gasteiger partial charge on any atom is -0.464 e. The van der Waals surface area contributed by atoms with E-state index in [4.69, 9.17) is 4.42 Å². The van der Waals surface area contributed by atoms with Gasteiger partial charge in [-0.15, -0.1) is 0 Å². The Balaban J connectivity index is 1.76. The van der Waals surface area contributed by atoms with Crippen LogP contribution in [0, 0.1) is 0 Å². The van der Waals surface area contributed by atoms with Crippen LogP contribution in [0.15, 0.2) is 29.1 Å². The summed E-state index contributed by atoms with van der Waals surface area (Å²) in [5, 5.41) is 3.29. The van der Waals surface area contributed by atoms with Crippen molar-refractivity contribution >= 4 is 11.8 Å². The Kier molecular flexibility index (Phi) is 4.07. The normalized spacial score (nSPS) is 10.8. The highest BCUT2D eigenvalue weighted by atomic mass is 32.2. The van der Waals surface area contributed by atoms with Gasteiger partial charge in [0.1, 0.15) is 11.5 Å². The van der Waals surface area contributed by atoms with Gasteiger partial charge in [-0.2, -0.15) is 11.8 Å². The van der Waals surface area contributed by atoms with Crippen LogP contribution in [0.2, 0.25) is 0 Å². The topological polar surface area (TPSA) is 53.9 Å². The zero-order valence-corrected chi connectivity index (χ0v) is 10.0. The lowest BCUT2D eigenvalue weighted by molar-refractivity contribution is 0.458. The van der Waals surface area contributed by atoms with Crippen LogP contribution in [-0.2, 0) is 18.8 Å². The molecule has 86 valence electrons. The summed E-state index contributed by atoms with van der Waals surface area (Å²) in [5.41, 5.74) is 1.08. The first-order chi connectivity index (χ1) is 7.88. The molecule has 0 saturated heterocycles. The summed E-state index contributed by atoms with van der Waals surface area (Å²) in [5.74, 6) is 2.94. The third-order valence-corrected chi connectivity index (χ3v) is 2.75. The molecule has 2 rings (SSSR count). The number of rotatable bonds is 6. The van der Waals surface area contributed by atoms with E-state index in [1.54, 1.807) is 18.1 Å². The highest BCUT2D eigenvalue weighted by molar-refractivity contribution is 7.97. The second-order valence-electron chi connectivity index (χ2n) is 3.48. The van der Waals surface area contributed by atoms with Crippen LogP contribution in [0.4, 0.5) is 0 Å². The molecule has 2 aromatic rings. The van der Waals surface area contributed by atoms with Gasteiger partial charge in [0, 0.05) is 18.4 Å². The van der Waals surface area contributed by atoms with E-state index in [0.717, 1.165) is 36.1 Å². The standard InChI is InChI=1S/C11H15N3OS/c1-16-7-11-3-2-10(15-11)6-12-4-9-5-13-8-14-9/h2-3,5,8,12H,4,6-7H2,1H3,(H,13,14). The molecule has 0 aliphatic heterocycles. The van der Waals surface area contributed by atoms with Crippen molar-refractivity contribution in [2.24, 2.45) is 0 Å². The quantitative estimate of drug-likeness (QED) is 0.808. The number of aromatic amines is 1. The fraction of sp³-hybridized carbons (Fsp3) is 0.364. The Morgan fingerprint density at radius 3 is 3.00 bits per heavy atom. The summed E-state index contributed by atoms with van der Waals surface area (Å²) < 4.78 is 5.63. The van der Waals surface area contributed by atoms with Crippen molar-refractivity contribution in [3.05, 3.63) is 41.9 Å². The van der Waals surface area contributed by atoms with Crippen molar-refractivity contribution in [2.75, 3.05) is 6.26 Å². The molecule has 0 spiro atoms. The first kappa shape index (κ1) is 11.3. The van der Waals surface area contributed by atoms with Crippen LogP contribution in [-0.4, -0.2) is 16.2 Å². The third-order valence-electron chi connectivity index (χ3n) is 2.17. The van der Waals surface area contributed by atoms with Crippen molar-refractivity contribution in [3.8, 4) is 0 Å². The Labute approximate surface area is 98.8 Å². The minimum atomic E-state index is 0.743. The van der Waals surface area contributed by atoms with E-state index < -0.39 is 0 Å². The highest BCUT2D eigenvalue weighted by Gasteiger charge is 2.01. The fourth-order valence-corrected chi connectivity index (χ4v) is 1.88. The molecule has 0 bridgehead atoms. The highest BCUT2D eigenvalue weighted by Crippen LogP contribution is 2.13. The molecule has 4 nitrogen and oxygen atoms in total. The fourth-order valence-electron chi connectivity index (χ4n) is 1.44. The third kappa shape index (κ3) is 3.15. The average Bonchev–Trinajstić information content (AvgIpc) is 2.90. The van der Waals surface area contributed by atoms with E-state index in [2.05, 4.69) is 21.5 Å². The van der Waals surface area contributed by atoms with Crippen molar-refractivity contribution < 1.29 is 4.42 Å². The molecule has 5 heteroatoms. The second kappa shape index (κ2) is 5.77. The number of nitrogens with one attached hydrogen (secondary N) is 2. The van der Waals surface area contributed by atoms with Gasteiger partial charge < -0.3 is 14.7 Å². The SMILES string of the molecule is CSCc1ccc(CNCc2cnc[nH]2)o1. The molecule has 0 amide bonds. The van der Waals surface area contributed by atoms with Gasteiger partial charge in [0.05, 0.1) is 18.6 Å². The summed E-state index contributed by atoms with van der Waals surface area (Å²) in [7, 11) is 0. The van der Waals surface area contributed by atoms with Crippen LogP contribution in [0.25, 0.3) is 0 Å². The van der Waals surface area contributed by atoms with Gasteiger partial charge in [-0.25, -0.2) is 4.98 Å². The molecule has 0 unspecified atom stereocenters. The molecule has 2 aromatic heterocycles. The van der Waals surface area contributed by atoms with E-state index in [9.17, 15) is 0 Å². The molecular weight excluding hydrogens is 222 g/mol. The molecule has 0 aliphatic carbocycles. The molecular formula is C11H15N3OS. The number of furan rings is 1. The molecule has 0 fully saturated rings. The molecule has 0 aromatic carbocycles. The first-order valence-electron chi connectivity index (χ1n) is 5.13. The Morgan fingerprint density at radius 1 is 1.38 bits per heavy atom. The van der Waals surface area contributed by atoms with Gasteiger partial charge in [-0.05, 0) is 18.4 Å². The lowest BCUT2D eigenvalue weighted by atomic mass is 10.4. The minimum absolute atomic E-state index is 0.743. The molecule has 2 heterocycles. The summed E-state index contributed by atoms with van der Waals surface area (Å²) in [6.07, 6.45) is 5.56. The zero-order valence-electron chi connectivity index (χ0n) is 9.19. The molecule has 0 atom stereocenters. The van der Waals surface area contributed by atoms with Crippen molar-refractivity contribution in [2.45, 2.75) is 18.8 Å². The van der Waals surface area contributed by atoms with Crippen LogP contribution >= 0.6 is 11.8 Å². The van der Waals surface area contributed by atoms with E-state index in [0.29, 0.717) is 0 Å². The lowest BCUT2D eigenvalue weighted by Gasteiger charge is -1.99. The maximum absolute atomic E-state index is 5.63. The number of thioether (sulfide) groups is 1. The van der Waals surface area contributed by atoms with Gasteiger partial charge in [0.25, 0.3) is 0 Å². The number of imidazole rings is 1.